The van der Waals surface area contributed by atoms with Crippen LogP contribution in [-0.4, -0.2) is 34.7 Å². The molecule has 26 heavy (non-hydrogen) atoms. The fourth-order valence-corrected chi connectivity index (χ4v) is 6.76. The van der Waals surface area contributed by atoms with Gasteiger partial charge >= 0.3 is 0 Å². The minimum atomic E-state index is -1.86. The van der Waals surface area contributed by atoms with Crippen molar-refractivity contribution in [3.8, 4) is 0 Å². The summed E-state index contributed by atoms with van der Waals surface area (Å²) in [6, 6.07) is 0. The number of halogens is 1. The average molecular weight is 360 g/mol. The number of aldehydes is 1. The quantitative estimate of drug-likeness (QED) is 0.607. The van der Waals surface area contributed by atoms with Crippen LogP contribution in [0.25, 0.3) is 0 Å². The largest absolute Gasteiger partial charge is 0.390 e. The molecule has 140 valence electrons. The molecule has 0 bridgehead atoms. The van der Waals surface area contributed by atoms with E-state index in [1.165, 1.54) is 12.2 Å². The highest BCUT2D eigenvalue weighted by Crippen LogP contribution is 2.68. The molecule has 5 heteroatoms. The van der Waals surface area contributed by atoms with Gasteiger partial charge in [-0.2, -0.15) is 0 Å². The third kappa shape index (κ3) is 1.95. The molecule has 0 saturated heterocycles. The monoisotopic (exact) mass is 360 g/mol. The summed E-state index contributed by atoms with van der Waals surface area (Å²) in [5, 5.41) is 11.0. The standard InChI is InChI=1S/C21H25FO4/c1-19-10-18(26)21(22)15(14(19)5-6-16(19)17(25)11-23)4-3-12-9-13(24)7-8-20(12,21)2/h7-9,11,14-16,18,26H,3-6,10H2,1-2H3. The molecular weight excluding hydrogens is 335 g/mol. The van der Waals surface area contributed by atoms with E-state index in [4.69, 9.17) is 0 Å². The predicted octanol–water partition coefficient (Wildman–Crippen LogP) is 2.74. The SMILES string of the molecule is CC12CC(O)C3(F)C(CCC4=CC(=O)C=CC43C)C1CCC2C(=O)C=O. The number of fused-ring (bicyclic) bond motifs is 5. The van der Waals surface area contributed by atoms with Crippen LogP contribution in [0.4, 0.5) is 4.39 Å². The molecule has 0 aromatic carbocycles. The van der Waals surface area contributed by atoms with Gasteiger partial charge in [0.25, 0.3) is 0 Å². The van der Waals surface area contributed by atoms with E-state index in [9.17, 15) is 19.5 Å². The molecule has 0 aliphatic heterocycles. The molecule has 4 nitrogen and oxygen atoms in total. The molecule has 0 aromatic heterocycles. The normalized spacial score (nSPS) is 49.7. The van der Waals surface area contributed by atoms with Crippen LogP contribution >= 0.6 is 0 Å². The topological polar surface area (TPSA) is 71.4 Å². The highest BCUT2D eigenvalue weighted by atomic mass is 19.1. The number of carbonyl (C=O) groups excluding carboxylic acids is 3. The first kappa shape index (κ1) is 17.8. The predicted molar refractivity (Wildman–Crippen MR) is 92.9 cm³/mol. The van der Waals surface area contributed by atoms with Gasteiger partial charge in [0.2, 0.25) is 0 Å². The van der Waals surface area contributed by atoms with Crippen LogP contribution in [-0.2, 0) is 14.4 Å². The number of allylic oxidation sites excluding steroid dienone is 4. The molecule has 1 N–H and O–H groups in total. The maximum absolute atomic E-state index is 16.7. The van der Waals surface area contributed by atoms with Gasteiger partial charge in [-0.3, -0.25) is 14.4 Å². The number of hydrogen-bond acceptors (Lipinski definition) is 4. The first-order valence-corrected chi connectivity index (χ1v) is 9.48. The van der Waals surface area contributed by atoms with Gasteiger partial charge in [-0.25, -0.2) is 4.39 Å². The van der Waals surface area contributed by atoms with E-state index in [1.807, 2.05) is 6.92 Å². The maximum atomic E-state index is 16.7. The second kappa shape index (κ2) is 5.44. The van der Waals surface area contributed by atoms with E-state index < -0.39 is 34.3 Å². The van der Waals surface area contributed by atoms with Crippen molar-refractivity contribution in [2.75, 3.05) is 0 Å². The molecule has 7 unspecified atom stereocenters. The van der Waals surface area contributed by atoms with Crippen molar-refractivity contribution in [3.63, 3.8) is 0 Å². The summed E-state index contributed by atoms with van der Waals surface area (Å²) in [5.41, 5.74) is -2.66. The zero-order chi connectivity index (χ0) is 18.9. The number of alkyl halides is 1. The Morgan fingerprint density at radius 1 is 1.27 bits per heavy atom. The van der Waals surface area contributed by atoms with E-state index in [-0.39, 0.29) is 24.0 Å². The van der Waals surface area contributed by atoms with Gasteiger partial charge < -0.3 is 5.11 Å². The zero-order valence-electron chi connectivity index (χ0n) is 15.2. The van der Waals surface area contributed by atoms with Gasteiger partial charge in [0.15, 0.2) is 23.5 Å². The molecule has 0 heterocycles. The van der Waals surface area contributed by atoms with Gasteiger partial charge in [0.1, 0.15) is 0 Å². The number of rotatable bonds is 2. The van der Waals surface area contributed by atoms with Crippen LogP contribution in [0.3, 0.4) is 0 Å². The van der Waals surface area contributed by atoms with Crippen molar-refractivity contribution in [2.24, 2.45) is 28.6 Å². The Morgan fingerprint density at radius 2 is 2.00 bits per heavy atom. The third-order valence-electron chi connectivity index (χ3n) is 8.10. The summed E-state index contributed by atoms with van der Waals surface area (Å²) < 4.78 is 16.7. The van der Waals surface area contributed by atoms with Crippen LogP contribution < -0.4 is 0 Å². The number of aliphatic hydroxyl groups is 1. The van der Waals surface area contributed by atoms with E-state index in [0.29, 0.717) is 32.0 Å². The summed E-state index contributed by atoms with van der Waals surface area (Å²) in [4.78, 5) is 35.0. The molecule has 3 fully saturated rings. The Morgan fingerprint density at radius 3 is 2.69 bits per heavy atom. The molecule has 0 spiro atoms. The second-order valence-corrected chi connectivity index (χ2v) is 9.00. The van der Waals surface area contributed by atoms with E-state index in [0.717, 1.165) is 5.57 Å². The molecular formula is C21H25FO4. The minimum absolute atomic E-state index is 0.0470. The van der Waals surface area contributed by atoms with Crippen LogP contribution in [0, 0.1) is 28.6 Å². The van der Waals surface area contributed by atoms with Crippen LogP contribution in [0.15, 0.2) is 23.8 Å². The van der Waals surface area contributed by atoms with Crippen molar-refractivity contribution in [1.82, 2.24) is 0 Å². The summed E-state index contributed by atoms with van der Waals surface area (Å²) >= 11 is 0. The minimum Gasteiger partial charge on any atom is -0.390 e. The zero-order valence-corrected chi connectivity index (χ0v) is 15.2. The van der Waals surface area contributed by atoms with Gasteiger partial charge in [-0.05, 0) is 62.5 Å². The molecule has 7 atom stereocenters. The summed E-state index contributed by atoms with van der Waals surface area (Å²) in [6.45, 7) is 3.72. The summed E-state index contributed by atoms with van der Waals surface area (Å²) in [6.07, 6.45) is 6.30. The average Bonchev–Trinajstić information content (AvgIpc) is 2.93. The molecule has 0 radical (unpaired) electrons. The summed E-state index contributed by atoms with van der Waals surface area (Å²) in [7, 11) is 0. The molecule has 4 aliphatic rings. The fraction of sp³-hybridized carbons (Fsp3) is 0.667. The lowest BCUT2D eigenvalue weighted by molar-refractivity contribution is -0.195. The van der Waals surface area contributed by atoms with Crippen LogP contribution in [0.5, 0.6) is 0 Å². The molecule has 4 aliphatic carbocycles. The molecule has 0 aromatic rings. The number of ketones is 2. The van der Waals surface area contributed by atoms with Gasteiger partial charge in [0, 0.05) is 17.3 Å². The summed E-state index contributed by atoms with van der Waals surface area (Å²) in [5.74, 6) is -1.43. The first-order chi connectivity index (χ1) is 12.2. The van der Waals surface area contributed by atoms with Gasteiger partial charge in [0.05, 0.1) is 6.10 Å². The Kier molecular flexibility index (Phi) is 3.72. The molecule has 4 rings (SSSR count). The lowest BCUT2D eigenvalue weighted by Crippen LogP contribution is -2.66. The lowest BCUT2D eigenvalue weighted by Gasteiger charge is -2.61. The van der Waals surface area contributed by atoms with E-state index in [2.05, 4.69) is 0 Å². The number of Topliss-reactive ketones (excluding diaryl/α,β-unsaturated/α-hetero) is 1. The molecule has 0 amide bonds. The van der Waals surface area contributed by atoms with E-state index in [1.54, 1.807) is 13.0 Å². The third-order valence-corrected chi connectivity index (χ3v) is 8.10. The van der Waals surface area contributed by atoms with Gasteiger partial charge in [-0.1, -0.05) is 18.6 Å². The fourth-order valence-electron chi connectivity index (χ4n) is 6.76. The van der Waals surface area contributed by atoms with Crippen molar-refractivity contribution in [3.05, 3.63) is 23.8 Å². The number of aliphatic hydroxyl groups excluding tert-OH is 1. The maximum Gasteiger partial charge on any atom is 0.198 e. The first-order valence-electron chi connectivity index (χ1n) is 9.48. The van der Waals surface area contributed by atoms with Gasteiger partial charge in [-0.15, -0.1) is 0 Å². The van der Waals surface area contributed by atoms with Crippen molar-refractivity contribution >= 4 is 17.9 Å². The second-order valence-electron chi connectivity index (χ2n) is 9.00. The Bertz CT molecular complexity index is 755. The lowest BCUT2D eigenvalue weighted by atomic mass is 9.45. The number of hydrogen-bond donors (Lipinski definition) is 1. The van der Waals surface area contributed by atoms with Crippen LogP contribution in [0.1, 0.15) is 46.0 Å². The van der Waals surface area contributed by atoms with Crippen LogP contribution in [0.2, 0.25) is 0 Å². The van der Waals surface area contributed by atoms with E-state index >= 15 is 4.39 Å². The Labute approximate surface area is 152 Å². The highest BCUT2D eigenvalue weighted by Gasteiger charge is 2.70. The number of carbonyl (C=O) groups is 3. The Balaban J connectivity index is 1.79. The van der Waals surface area contributed by atoms with Crippen molar-refractivity contribution in [2.45, 2.75) is 57.7 Å². The molecule has 3 saturated carbocycles. The Hall–Kier alpha value is -1.62. The smallest absolute Gasteiger partial charge is 0.198 e. The van der Waals surface area contributed by atoms with Crippen molar-refractivity contribution in [1.29, 1.82) is 0 Å². The highest BCUT2D eigenvalue weighted by molar-refractivity contribution is 6.26. The van der Waals surface area contributed by atoms with Crippen molar-refractivity contribution < 1.29 is 23.9 Å².